The highest BCUT2D eigenvalue weighted by molar-refractivity contribution is 9.11. The highest BCUT2D eigenvalue weighted by atomic mass is 79.9. The Kier molecular flexibility index (Phi) is 6.08. The average molecular weight is 388 g/mol. The first-order valence-corrected chi connectivity index (χ1v) is 9.18. The number of hydrogen-bond acceptors (Lipinski definition) is 5. The molecule has 0 saturated carbocycles. The summed E-state index contributed by atoms with van der Waals surface area (Å²) in [5, 5.41) is 7.11. The lowest BCUT2D eigenvalue weighted by Gasteiger charge is -2.02. The van der Waals surface area contributed by atoms with Crippen LogP contribution in [0.15, 0.2) is 22.0 Å². The summed E-state index contributed by atoms with van der Waals surface area (Å²) >= 11 is 6.60. The van der Waals surface area contributed by atoms with Crippen molar-refractivity contribution in [2.24, 2.45) is 0 Å². The third-order valence-electron chi connectivity index (χ3n) is 2.80. The fraction of sp³-hybridized carbons (Fsp3) is 0.357. The van der Waals surface area contributed by atoms with Gasteiger partial charge >= 0.3 is 0 Å². The minimum absolute atomic E-state index is 0.0883. The Bertz CT molecular complexity index is 609. The van der Waals surface area contributed by atoms with E-state index in [4.69, 9.17) is 5.73 Å². The highest BCUT2D eigenvalue weighted by Gasteiger charge is 2.13. The van der Waals surface area contributed by atoms with E-state index in [1.807, 2.05) is 13.0 Å². The molecule has 4 nitrogen and oxygen atoms in total. The zero-order valence-electron chi connectivity index (χ0n) is 11.7. The van der Waals surface area contributed by atoms with Gasteiger partial charge in [0.1, 0.15) is 4.88 Å². The SMILES string of the molecule is CCCNC(=O)c1sc(NCCc2ccc(Br)s2)cc1N. The lowest BCUT2D eigenvalue weighted by molar-refractivity contribution is 0.0958. The van der Waals surface area contributed by atoms with Crippen LogP contribution >= 0.6 is 38.6 Å². The normalized spacial score (nSPS) is 10.6. The molecule has 2 aromatic heterocycles. The van der Waals surface area contributed by atoms with E-state index in [0.29, 0.717) is 17.1 Å². The lowest BCUT2D eigenvalue weighted by Crippen LogP contribution is -2.23. The summed E-state index contributed by atoms with van der Waals surface area (Å²) in [6.07, 6.45) is 1.87. The van der Waals surface area contributed by atoms with Crippen molar-refractivity contribution in [3.63, 3.8) is 0 Å². The summed E-state index contributed by atoms with van der Waals surface area (Å²) in [6, 6.07) is 6.00. The van der Waals surface area contributed by atoms with Crippen LogP contribution in [-0.2, 0) is 6.42 Å². The summed E-state index contributed by atoms with van der Waals surface area (Å²) in [5.74, 6) is -0.0883. The summed E-state index contributed by atoms with van der Waals surface area (Å²) in [7, 11) is 0. The minimum Gasteiger partial charge on any atom is -0.397 e. The van der Waals surface area contributed by atoms with Crippen LogP contribution in [0.2, 0.25) is 0 Å². The number of hydrogen-bond donors (Lipinski definition) is 3. The molecule has 7 heteroatoms. The molecule has 0 bridgehead atoms. The standard InChI is InChI=1S/C14H18BrN3OS2/c1-2-6-18-14(19)13-10(16)8-12(21-13)17-7-5-9-3-4-11(15)20-9/h3-4,8,17H,2,5-7,16H2,1H3,(H,18,19). The summed E-state index contributed by atoms with van der Waals surface area (Å²) < 4.78 is 1.15. The molecule has 2 rings (SSSR count). The summed E-state index contributed by atoms with van der Waals surface area (Å²) in [4.78, 5) is 13.8. The van der Waals surface area contributed by atoms with Crippen molar-refractivity contribution in [3.8, 4) is 0 Å². The van der Waals surface area contributed by atoms with Crippen molar-refractivity contribution in [2.75, 3.05) is 24.1 Å². The molecule has 0 unspecified atom stereocenters. The second-order valence-electron chi connectivity index (χ2n) is 4.53. The van der Waals surface area contributed by atoms with Gasteiger partial charge in [0.25, 0.3) is 5.91 Å². The van der Waals surface area contributed by atoms with E-state index >= 15 is 0 Å². The number of amides is 1. The van der Waals surface area contributed by atoms with Gasteiger partial charge in [-0.1, -0.05) is 6.92 Å². The van der Waals surface area contributed by atoms with Gasteiger partial charge in [-0.15, -0.1) is 22.7 Å². The van der Waals surface area contributed by atoms with E-state index in [9.17, 15) is 4.79 Å². The van der Waals surface area contributed by atoms with Crippen molar-refractivity contribution in [3.05, 3.63) is 31.7 Å². The molecule has 0 spiro atoms. The number of rotatable bonds is 7. The molecular formula is C14H18BrN3OS2. The predicted molar refractivity (Wildman–Crippen MR) is 95.6 cm³/mol. The molecule has 114 valence electrons. The second-order valence-corrected chi connectivity index (χ2v) is 8.13. The molecule has 0 aromatic carbocycles. The van der Waals surface area contributed by atoms with Gasteiger partial charge in [-0.05, 0) is 47.0 Å². The molecule has 0 aliphatic rings. The molecule has 0 aliphatic carbocycles. The van der Waals surface area contributed by atoms with Crippen LogP contribution < -0.4 is 16.4 Å². The van der Waals surface area contributed by atoms with Gasteiger partial charge in [-0.3, -0.25) is 4.79 Å². The number of anilines is 2. The highest BCUT2D eigenvalue weighted by Crippen LogP contribution is 2.29. The molecule has 0 saturated heterocycles. The number of nitrogens with two attached hydrogens (primary N) is 1. The fourth-order valence-corrected chi connectivity index (χ4v) is 4.19. The molecule has 4 N–H and O–H groups in total. The van der Waals surface area contributed by atoms with E-state index in [0.717, 1.165) is 28.2 Å². The Labute approximate surface area is 140 Å². The maximum absolute atomic E-state index is 11.9. The first-order chi connectivity index (χ1) is 10.1. The molecule has 0 atom stereocenters. The van der Waals surface area contributed by atoms with Gasteiger partial charge in [0.05, 0.1) is 14.5 Å². The first-order valence-electron chi connectivity index (χ1n) is 6.75. The average Bonchev–Trinajstić information content (AvgIpc) is 3.02. The van der Waals surface area contributed by atoms with Gasteiger partial charge in [0, 0.05) is 18.0 Å². The van der Waals surface area contributed by atoms with Gasteiger partial charge in [-0.25, -0.2) is 0 Å². The molecule has 2 aromatic rings. The van der Waals surface area contributed by atoms with Gasteiger partial charge in [0.15, 0.2) is 0 Å². The molecule has 1 amide bonds. The number of carbonyl (C=O) groups excluding carboxylic acids is 1. The quantitative estimate of drug-likeness (QED) is 0.673. The van der Waals surface area contributed by atoms with Gasteiger partial charge < -0.3 is 16.4 Å². The van der Waals surface area contributed by atoms with Crippen molar-refractivity contribution in [1.29, 1.82) is 0 Å². The molecule has 0 aliphatic heterocycles. The van der Waals surface area contributed by atoms with E-state index in [2.05, 4.69) is 38.7 Å². The lowest BCUT2D eigenvalue weighted by atomic mass is 10.3. The number of thiophene rings is 2. The number of carbonyl (C=O) groups is 1. The molecule has 0 fully saturated rings. The van der Waals surface area contributed by atoms with Crippen molar-refractivity contribution < 1.29 is 4.79 Å². The number of nitrogens with one attached hydrogen (secondary N) is 2. The predicted octanol–water partition coefficient (Wildman–Crippen LogP) is 3.95. The molecule has 21 heavy (non-hydrogen) atoms. The van der Waals surface area contributed by atoms with Crippen molar-refractivity contribution in [1.82, 2.24) is 5.32 Å². The third-order valence-corrected chi connectivity index (χ3v) is 5.59. The number of nitrogen functional groups attached to an aromatic ring is 1. The first kappa shape index (κ1) is 16.3. The Hall–Kier alpha value is -1.05. The van der Waals surface area contributed by atoms with Crippen LogP contribution in [0.5, 0.6) is 0 Å². The maximum Gasteiger partial charge on any atom is 0.263 e. The molecular weight excluding hydrogens is 370 g/mol. The van der Waals surface area contributed by atoms with Crippen LogP contribution in [0.4, 0.5) is 10.7 Å². The Morgan fingerprint density at radius 3 is 2.81 bits per heavy atom. The smallest absolute Gasteiger partial charge is 0.263 e. The second kappa shape index (κ2) is 7.82. The van der Waals surface area contributed by atoms with Crippen LogP contribution in [0, 0.1) is 0 Å². The Balaban J connectivity index is 1.88. The van der Waals surface area contributed by atoms with E-state index in [-0.39, 0.29) is 5.91 Å². The maximum atomic E-state index is 11.9. The Morgan fingerprint density at radius 2 is 2.14 bits per heavy atom. The largest absolute Gasteiger partial charge is 0.397 e. The summed E-state index contributed by atoms with van der Waals surface area (Å²) in [6.45, 7) is 3.52. The van der Waals surface area contributed by atoms with Gasteiger partial charge in [-0.2, -0.15) is 0 Å². The van der Waals surface area contributed by atoms with E-state index < -0.39 is 0 Å². The zero-order chi connectivity index (χ0) is 15.2. The minimum atomic E-state index is -0.0883. The van der Waals surface area contributed by atoms with Crippen LogP contribution in [0.1, 0.15) is 27.9 Å². The molecule has 2 heterocycles. The third kappa shape index (κ3) is 4.72. The van der Waals surface area contributed by atoms with Crippen LogP contribution in [-0.4, -0.2) is 19.0 Å². The Morgan fingerprint density at radius 1 is 1.33 bits per heavy atom. The molecule has 0 radical (unpaired) electrons. The van der Waals surface area contributed by atoms with Crippen molar-refractivity contribution in [2.45, 2.75) is 19.8 Å². The summed E-state index contributed by atoms with van der Waals surface area (Å²) in [5.41, 5.74) is 6.44. The van der Waals surface area contributed by atoms with Gasteiger partial charge in [0.2, 0.25) is 0 Å². The van der Waals surface area contributed by atoms with E-state index in [1.54, 1.807) is 11.3 Å². The zero-order valence-corrected chi connectivity index (χ0v) is 15.0. The van der Waals surface area contributed by atoms with Crippen molar-refractivity contribution >= 4 is 55.2 Å². The monoisotopic (exact) mass is 387 g/mol. The van der Waals surface area contributed by atoms with Crippen LogP contribution in [0.25, 0.3) is 0 Å². The number of halogens is 1. The topological polar surface area (TPSA) is 67.2 Å². The van der Waals surface area contributed by atoms with E-state index in [1.165, 1.54) is 16.2 Å². The fourth-order valence-electron chi connectivity index (χ4n) is 1.78. The van der Waals surface area contributed by atoms with Crippen LogP contribution in [0.3, 0.4) is 0 Å².